The van der Waals surface area contributed by atoms with Gasteiger partial charge in [-0.15, -0.1) is 0 Å². The fourth-order valence-electron chi connectivity index (χ4n) is 1.65. The third-order valence-electron chi connectivity index (χ3n) is 2.53. The van der Waals surface area contributed by atoms with E-state index < -0.39 is 40.0 Å². The van der Waals surface area contributed by atoms with Crippen LogP contribution >= 0.6 is 11.6 Å². The van der Waals surface area contributed by atoms with Crippen LogP contribution in [0.1, 0.15) is 26.3 Å². The van der Waals surface area contributed by atoms with E-state index in [2.05, 4.69) is 9.50 Å². The zero-order chi connectivity index (χ0) is 18.8. The van der Waals surface area contributed by atoms with Gasteiger partial charge < -0.3 is 9.84 Å². The molecule has 0 unspecified atom stereocenters. The predicted molar refractivity (Wildman–Crippen MR) is 85.5 cm³/mol. The monoisotopic (exact) mass is 383 g/mol. The summed E-state index contributed by atoms with van der Waals surface area (Å²) in [4.78, 5) is 11.9. The van der Waals surface area contributed by atoms with Gasteiger partial charge in [0.25, 0.3) is 10.1 Å². The summed E-state index contributed by atoms with van der Waals surface area (Å²) in [6, 6.07) is 3.03. The second kappa shape index (κ2) is 7.22. The summed E-state index contributed by atoms with van der Waals surface area (Å²) < 4.78 is 45.5. The van der Waals surface area contributed by atoms with Crippen molar-refractivity contribution in [3.8, 4) is 0 Å². The summed E-state index contributed by atoms with van der Waals surface area (Å²) >= 11 is 5.74. The standard InChI is InChI=1S/C14H19ClFNO6S/c1-13(2,3)23-12(18)17-14(19,8-22-24(4,20)21)9-5-10(15)7-11(16)6-9/h5-7,19H,8H2,1-4H3,(H,17,18)/t14-/m1/s1. The van der Waals surface area contributed by atoms with Crippen LogP contribution in [-0.4, -0.2) is 38.1 Å². The number of ether oxygens (including phenoxy) is 1. The lowest BCUT2D eigenvalue weighted by Gasteiger charge is -2.30. The van der Waals surface area contributed by atoms with E-state index >= 15 is 0 Å². The smallest absolute Gasteiger partial charge is 0.410 e. The number of carbonyl (C=O) groups is 1. The van der Waals surface area contributed by atoms with Crippen molar-refractivity contribution in [2.24, 2.45) is 0 Å². The summed E-state index contributed by atoms with van der Waals surface area (Å²) in [6.07, 6.45) is -0.290. The zero-order valence-electron chi connectivity index (χ0n) is 13.6. The quantitative estimate of drug-likeness (QED) is 0.596. The summed E-state index contributed by atoms with van der Waals surface area (Å²) in [5.41, 5.74) is -3.46. The molecule has 1 amide bonds. The lowest BCUT2D eigenvalue weighted by atomic mass is 10.0. The molecule has 0 aliphatic heterocycles. The van der Waals surface area contributed by atoms with Gasteiger partial charge in [0.1, 0.15) is 18.0 Å². The number of rotatable bonds is 5. The van der Waals surface area contributed by atoms with Crippen LogP contribution in [0.25, 0.3) is 0 Å². The van der Waals surface area contributed by atoms with Crippen molar-refractivity contribution in [2.75, 3.05) is 12.9 Å². The van der Waals surface area contributed by atoms with Crippen molar-refractivity contribution in [3.05, 3.63) is 34.6 Å². The van der Waals surface area contributed by atoms with Crippen molar-refractivity contribution in [3.63, 3.8) is 0 Å². The second-order valence-corrected chi connectivity index (χ2v) is 8.19. The Morgan fingerprint density at radius 3 is 2.38 bits per heavy atom. The topological polar surface area (TPSA) is 102 Å². The lowest BCUT2D eigenvalue weighted by Crippen LogP contribution is -2.51. The molecule has 0 spiro atoms. The molecular weight excluding hydrogens is 365 g/mol. The van der Waals surface area contributed by atoms with Crippen molar-refractivity contribution in [1.29, 1.82) is 0 Å². The first-order valence-electron chi connectivity index (χ1n) is 6.75. The molecule has 7 nitrogen and oxygen atoms in total. The zero-order valence-corrected chi connectivity index (χ0v) is 15.2. The van der Waals surface area contributed by atoms with Gasteiger partial charge in [0.15, 0.2) is 5.72 Å². The van der Waals surface area contributed by atoms with E-state index in [1.165, 1.54) is 0 Å². The summed E-state index contributed by atoms with van der Waals surface area (Å²) in [6.45, 7) is 3.89. The molecule has 0 fully saturated rings. The Morgan fingerprint density at radius 2 is 1.92 bits per heavy atom. The van der Waals surface area contributed by atoms with E-state index in [0.29, 0.717) is 0 Å². The number of amides is 1. The van der Waals surface area contributed by atoms with Gasteiger partial charge in [-0.3, -0.25) is 9.50 Å². The molecule has 0 aliphatic rings. The third kappa shape index (κ3) is 7.00. The molecule has 0 heterocycles. The second-order valence-electron chi connectivity index (χ2n) is 6.11. The van der Waals surface area contributed by atoms with Crippen LogP contribution in [0, 0.1) is 5.82 Å². The maximum Gasteiger partial charge on any atom is 0.410 e. The highest BCUT2D eigenvalue weighted by molar-refractivity contribution is 7.85. The minimum atomic E-state index is -3.94. The van der Waals surface area contributed by atoms with E-state index in [1.54, 1.807) is 20.8 Å². The molecular formula is C14H19ClFNO6S. The Balaban J connectivity index is 3.17. The first-order chi connectivity index (χ1) is 10.7. The van der Waals surface area contributed by atoms with Gasteiger partial charge in [-0.2, -0.15) is 8.42 Å². The van der Waals surface area contributed by atoms with E-state index in [1.807, 2.05) is 0 Å². The molecule has 24 heavy (non-hydrogen) atoms. The van der Waals surface area contributed by atoms with Gasteiger partial charge in [0.05, 0.1) is 6.26 Å². The largest absolute Gasteiger partial charge is 0.444 e. The molecule has 0 bridgehead atoms. The number of hydrogen-bond donors (Lipinski definition) is 2. The van der Waals surface area contributed by atoms with Crippen molar-refractivity contribution >= 4 is 27.8 Å². The first kappa shape index (κ1) is 20.6. The maximum atomic E-state index is 13.5. The SMILES string of the molecule is CC(C)(C)OC(=O)N[C@@](O)(COS(C)(=O)=O)c1cc(F)cc(Cl)c1. The average Bonchev–Trinajstić information content (AvgIpc) is 2.32. The minimum Gasteiger partial charge on any atom is -0.444 e. The van der Waals surface area contributed by atoms with Gasteiger partial charge in [0.2, 0.25) is 0 Å². The Bertz CT molecular complexity index is 698. The molecule has 0 aromatic heterocycles. The number of nitrogens with one attached hydrogen (secondary N) is 1. The molecule has 1 aromatic rings. The van der Waals surface area contributed by atoms with Crippen LogP contribution < -0.4 is 5.32 Å². The van der Waals surface area contributed by atoms with E-state index in [0.717, 1.165) is 24.5 Å². The number of carbonyl (C=O) groups excluding carboxylic acids is 1. The van der Waals surface area contributed by atoms with Crippen LogP contribution in [0.3, 0.4) is 0 Å². The summed E-state index contributed by atoms with van der Waals surface area (Å²) in [7, 11) is -3.94. The van der Waals surface area contributed by atoms with Gasteiger partial charge >= 0.3 is 6.09 Å². The van der Waals surface area contributed by atoms with Gasteiger partial charge in [-0.05, 0) is 39.0 Å². The fraction of sp³-hybridized carbons (Fsp3) is 0.500. The van der Waals surface area contributed by atoms with Crippen LogP contribution in [0.15, 0.2) is 18.2 Å². The van der Waals surface area contributed by atoms with Crippen molar-refractivity contribution < 1.29 is 31.6 Å². The van der Waals surface area contributed by atoms with Crippen LogP contribution in [-0.2, 0) is 24.8 Å². The summed E-state index contributed by atoms with van der Waals surface area (Å²) in [5, 5.41) is 12.6. The molecule has 0 saturated heterocycles. The number of alkyl carbamates (subject to hydrolysis) is 1. The molecule has 0 aliphatic carbocycles. The minimum absolute atomic E-state index is 0.0613. The van der Waals surface area contributed by atoms with E-state index in [4.69, 9.17) is 16.3 Å². The normalized spacial score (nSPS) is 14.8. The molecule has 136 valence electrons. The molecule has 1 rings (SSSR count). The van der Waals surface area contributed by atoms with Crippen molar-refractivity contribution in [1.82, 2.24) is 5.32 Å². The van der Waals surface area contributed by atoms with Crippen molar-refractivity contribution in [2.45, 2.75) is 32.1 Å². The number of benzene rings is 1. The molecule has 1 atom stereocenters. The van der Waals surface area contributed by atoms with Gasteiger partial charge in [0, 0.05) is 10.6 Å². The molecule has 1 aromatic carbocycles. The maximum absolute atomic E-state index is 13.5. The summed E-state index contributed by atoms with van der Waals surface area (Å²) in [5.74, 6) is -0.790. The van der Waals surface area contributed by atoms with Gasteiger partial charge in [-0.1, -0.05) is 11.6 Å². The third-order valence-corrected chi connectivity index (χ3v) is 3.29. The highest BCUT2D eigenvalue weighted by Crippen LogP contribution is 2.25. The Hall–Kier alpha value is -1.42. The number of hydrogen-bond acceptors (Lipinski definition) is 6. The van der Waals surface area contributed by atoms with Crippen LogP contribution in [0.4, 0.5) is 9.18 Å². The predicted octanol–water partition coefficient (Wildman–Crippen LogP) is 2.13. The highest BCUT2D eigenvalue weighted by atomic mass is 35.5. The van der Waals surface area contributed by atoms with Crippen LogP contribution in [0.5, 0.6) is 0 Å². The number of halogens is 2. The van der Waals surface area contributed by atoms with E-state index in [-0.39, 0.29) is 10.6 Å². The molecule has 0 saturated carbocycles. The Kier molecular flexibility index (Phi) is 6.20. The van der Waals surface area contributed by atoms with Crippen LogP contribution in [0.2, 0.25) is 5.02 Å². The fourth-order valence-corrected chi connectivity index (χ4v) is 2.26. The highest BCUT2D eigenvalue weighted by Gasteiger charge is 2.35. The lowest BCUT2D eigenvalue weighted by molar-refractivity contribution is -0.0456. The Labute approximate surface area is 144 Å². The van der Waals surface area contributed by atoms with E-state index in [9.17, 15) is 22.7 Å². The Morgan fingerprint density at radius 1 is 1.33 bits per heavy atom. The molecule has 0 radical (unpaired) electrons. The molecule has 2 N–H and O–H groups in total. The van der Waals surface area contributed by atoms with Gasteiger partial charge in [-0.25, -0.2) is 9.18 Å². The molecule has 10 heteroatoms. The average molecular weight is 384 g/mol. The first-order valence-corrected chi connectivity index (χ1v) is 8.94. The number of aliphatic hydroxyl groups is 1.